The van der Waals surface area contributed by atoms with Crippen molar-refractivity contribution in [1.82, 2.24) is 5.32 Å². The van der Waals surface area contributed by atoms with Gasteiger partial charge in [0.25, 0.3) is 0 Å². The van der Waals surface area contributed by atoms with E-state index in [1.54, 1.807) is 0 Å². The van der Waals surface area contributed by atoms with Crippen LogP contribution in [-0.2, 0) is 0 Å². The van der Waals surface area contributed by atoms with Crippen LogP contribution in [0.25, 0.3) is 0 Å². The predicted octanol–water partition coefficient (Wildman–Crippen LogP) is 3.43. The number of nitrogens with one attached hydrogen (secondary N) is 1. The van der Waals surface area contributed by atoms with Crippen molar-refractivity contribution < 1.29 is 4.74 Å². The Morgan fingerprint density at radius 2 is 2.16 bits per heavy atom. The standard InChI is InChI=1S/C16H23NOS/c1-19-16-8-4-6-14(16)17-11-12-9-10-18-15-7-3-2-5-13(12)15/h2-3,5,7,12,14,16-17H,4,6,8-11H2,1H3. The molecular formula is C16H23NOS. The van der Waals surface area contributed by atoms with E-state index in [2.05, 4.69) is 35.8 Å². The Bertz CT molecular complexity index is 423. The zero-order valence-electron chi connectivity index (χ0n) is 11.6. The molecule has 1 aromatic carbocycles. The minimum atomic E-state index is 0.619. The van der Waals surface area contributed by atoms with Gasteiger partial charge in [-0.25, -0.2) is 0 Å². The lowest BCUT2D eigenvalue weighted by molar-refractivity contribution is 0.262. The van der Waals surface area contributed by atoms with Gasteiger partial charge in [0.2, 0.25) is 0 Å². The van der Waals surface area contributed by atoms with E-state index < -0.39 is 0 Å². The summed E-state index contributed by atoms with van der Waals surface area (Å²) in [6.07, 6.45) is 7.49. The number of hydrogen-bond donors (Lipinski definition) is 1. The zero-order chi connectivity index (χ0) is 13.1. The summed E-state index contributed by atoms with van der Waals surface area (Å²) in [6.45, 7) is 1.96. The molecule has 2 nitrogen and oxygen atoms in total. The molecule has 1 aromatic rings. The maximum Gasteiger partial charge on any atom is 0.122 e. The van der Waals surface area contributed by atoms with Crippen molar-refractivity contribution in [2.45, 2.75) is 42.9 Å². The molecule has 1 aliphatic carbocycles. The summed E-state index contributed by atoms with van der Waals surface area (Å²) in [7, 11) is 0. The fourth-order valence-electron chi connectivity index (χ4n) is 3.36. The Hall–Kier alpha value is -0.670. The summed E-state index contributed by atoms with van der Waals surface area (Å²) in [4.78, 5) is 0. The molecule has 0 bridgehead atoms. The van der Waals surface area contributed by atoms with Crippen LogP contribution in [0.4, 0.5) is 0 Å². The van der Waals surface area contributed by atoms with Gasteiger partial charge in [-0.05, 0) is 37.1 Å². The molecule has 1 aliphatic heterocycles. The minimum Gasteiger partial charge on any atom is -0.493 e. The highest BCUT2D eigenvalue weighted by Crippen LogP contribution is 2.34. The van der Waals surface area contributed by atoms with Crippen molar-refractivity contribution in [3.05, 3.63) is 29.8 Å². The van der Waals surface area contributed by atoms with Gasteiger partial charge in [0.1, 0.15) is 5.75 Å². The van der Waals surface area contributed by atoms with Crippen LogP contribution in [-0.4, -0.2) is 30.7 Å². The number of hydrogen-bond acceptors (Lipinski definition) is 3. The van der Waals surface area contributed by atoms with Crippen molar-refractivity contribution in [3.63, 3.8) is 0 Å². The van der Waals surface area contributed by atoms with Gasteiger partial charge in [0.05, 0.1) is 6.61 Å². The van der Waals surface area contributed by atoms with E-state index in [1.165, 1.54) is 24.8 Å². The second-order valence-corrected chi connectivity index (χ2v) is 6.67. The Labute approximate surface area is 120 Å². The highest BCUT2D eigenvalue weighted by Gasteiger charge is 2.28. The maximum absolute atomic E-state index is 5.74. The van der Waals surface area contributed by atoms with Crippen LogP contribution in [0.2, 0.25) is 0 Å². The highest BCUT2D eigenvalue weighted by molar-refractivity contribution is 7.99. The molecule has 3 unspecified atom stereocenters. The Morgan fingerprint density at radius 3 is 3.05 bits per heavy atom. The topological polar surface area (TPSA) is 21.3 Å². The predicted molar refractivity (Wildman–Crippen MR) is 82.2 cm³/mol. The molecule has 0 amide bonds. The molecule has 19 heavy (non-hydrogen) atoms. The van der Waals surface area contributed by atoms with Crippen LogP contribution in [0.3, 0.4) is 0 Å². The molecule has 1 fully saturated rings. The summed E-state index contributed by atoms with van der Waals surface area (Å²) in [5, 5.41) is 4.63. The molecule has 1 N–H and O–H groups in total. The van der Waals surface area contributed by atoms with E-state index in [0.29, 0.717) is 12.0 Å². The average Bonchev–Trinajstić information content (AvgIpc) is 2.92. The Morgan fingerprint density at radius 1 is 1.26 bits per heavy atom. The van der Waals surface area contributed by atoms with E-state index in [1.807, 2.05) is 11.8 Å². The quantitative estimate of drug-likeness (QED) is 0.911. The fraction of sp³-hybridized carbons (Fsp3) is 0.625. The number of fused-ring (bicyclic) bond motifs is 1. The van der Waals surface area contributed by atoms with Crippen molar-refractivity contribution >= 4 is 11.8 Å². The van der Waals surface area contributed by atoms with Crippen LogP contribution >= 0.6 is 11.8 Å². The van der Waals surface area contributed by atoms with E-state index in [-0.39, 0.29) is 0 Å². The van der Waals surface area contributed by atoms with Gasteiger partial charge in [0, 0.05) is 23.8 Å². The van der Waals surface area contributed by atoms with Gasteiger partial charge < -0.3 is 10.1 Å². The van der Waals surface area contributed by atoms with Crippen molar-refractivity contribution in [3.8, 4) is 5.75 Å². The largest absolute Gasteiger partial charge is 0.493 e. The first-order valence-electron chi connectivity index (χ1n) is 7.36. The number of rotatable bonds is 4. The number of thioether (sulfide) groups is 1. The monoisotopic (exact) mass is 277 g/mol. The summed E-state index contributed by atoms with van der Waals surface area (Å²) >= 11 is 2.03. The van der Waals surface area contributed by atoms with Gasteiger partial charge in [-0.15, -0.1) is 0 Å². The number of para-hydroxylation sites is 1. The molecule has 3 heteroatoms. The van der Waals surface area contributed by atoms with E-state index >= 15 is 0 Å². The first-order valence-corrected chi connectivity index (χ1v) is 8.65. The van der Waals surface area contributed by atoms with Gasteiger partial charge in [-0.2, -0.15) is 11.8 Å². The average molecular weight is 277 g/mol. The van der Waals surface area contributed by atoms with Crippen molar-refractivity contribution in [2.75, 3.05) is 19.4 Å². The maximum atomic E-state index is 5.74. The molecule has 2 aliphatic rings. The Kier molecular flexibility index (Phi) is 4.34. The molecule has 3 rings (SSSR count). The molecule has 1 heterocycles. The van der Waals surface area contributed by atoms with Crippen molar-refractivity contribution in [1.29, 1.82) is 0 Å². The lowest BCUT2D eigenvalue weighted by atomic mass is 9.93. The van der Waals surface area contributed by atoms with E-state index in [9.17, 15) is 0 Å². The van der Waals surface area contributed by atoms with Gasteiger partial charge in [-0.3, -0.25) is 0 Å². The van der Waals surface area contributed by atoms with Crippen LogP contribution in [0, 0.1) is 0 Å². The van der Waals surface area contributed by atoms with Gasteiger partial charge in [-0.1, -0.05) is 24.6 Å². The molecule has 0 radical (unpaired) electrons. The highest BCUT2D eigenvalue weighted by atomic mass is 32.2. The lowest BCUT2D eigenvalue weighted by Crippen LogP contribution is -2.37. The van der Waals surface area contributed by atoms with Crippen LogP contribution in [0.5, 0.6) is 5.75 Å². The van der Waals surface area contributed by atoms with E-state index in [4.69, 9.17) is 4.74 Å². The minimum absolute atomic E-state index is 0.619. The summed E-state index contributed by atoms with van der Waals surface area (Å²) in [6, 6.07) is 9.23. The summed E-state index contributed by atoms with van der Waals surface area (Å²) in [5.74, 6) is 1.71. The fourth-order valence-corrected chi connectivity index (χ4v) is 4.33. The third kappa shape index (κ3) is 2.92. The summed E-state index contributed by atoms with van der Waals surface area (Å²) in [5.41, 5.74) is 1.39. The lowest BCUT2D eigenvalue weighted by Gasteiger charge is -2.28. The second kappa shape index (κ2) is 6.19. The zero-order valence-corrected chi connectivity index (χ0v) is 12.4. The van der Waals surface area contributed by atoms with Crippen LogP contribution in [0.1, 0.15) is 37.2 Å². The van der Waals surface area contributed by atoms with Crippen LogP contribution < -0.4 is 10.1 Å². The first kappa shape index (κ1) is 13.3. The number of benzene rings is 1. The van der Waals surface area contributed by atoms with Crippen molar-refractivity contribution in [2.24, 2.45) is 0 Å². The third-order valence-electron chi connectivity index (χ3n) is 4.46. The Balaban J connectivity index is 1.62. The normalized spacial score (nSPS) is 29.8. The SMILES string of the molecule is CSC1CCCC1NCC1CCOc2ccccc21. The third-order valence-corrected chi connectivity index (χ3v) is 5.63. The van der Waals surface area contributed by atoms with E-state index in [0.717, 1.165) is 30.6 Å². The number of ether oxygens (including phenoxy) is 1. The molecule has 0 aromatic heterocycles. The van der Waals surface area contributed by atoms with Gasteiger partial charge >= 0.3 is 0 Å². The van der Waals surface area contributed by atoms with Gasteiger partial charge in [0.15, 0.2) is 0 Å². The molecular weight excluding hydrogens is 254 g/mol. The molecule has 0 saturated heterocycles. The second-order valence-electron chi connectivity index (χ2n) is 5.59. The first-order chi connectivity index (χ1) is 9.38. The molecule has 0 spiro atoms. The van der Waals surface area contributed by atoms with Crippen LogP contribution in [0.15, 0.2) is 24.3 Å². The molecule has 3 atom stereocenters. The smallest absolute Gasteiger partial charge is 0.122 e. The molecule has 104 valence electrons. The molecule has 1 saturated carbocycles. The summed E-state index contributed by atoms with van der Waals surface area (Å²) < 4.78 is 5.74.